The molecule has 0 heterocycles. The first-order chi connectivity index (χ1) is 8.87. The summed E-state index contributed by atoms with van der Waals surface area (Å²) >= 11 is 3.43. The van der Waals surface area contributed by atoms with Gasteiger partial charge in [-0.25, -0.2) is 0 Å². The highest BCUT2D eigenvalue weighted by atomic mass is 79.9. The summed E-state index contributed by atoms with van der Waals surface area (Å²) in [6, 6.07) is 8.03. The first kappa shape index (κ1) is 19.4. The molecule has 1 unspecified atom stereocenters. The van der Waals surface area contributed by atoms with Crippen LogP contribution in [0.2, 0.25) is 0 Å². The van der Waals surface area contributed by atoms with E-state index in [0.717, 1.165) is 16.5 Å². The molecule has 1 atom stereocenters. The average molecular weight is 364 g/mol. The van der Waals surface area contributed by atoms with E-state index in [1.807, 2.05) is 31.2 Å². The van der Waals surface area contributed by atoms with Crippen molar-refractivity contribution < 1.29 is 4.79 Å². The molecule has 0 aliphatic carbocycles. The van der Waals surface area contributed by atoms with Crippen LogP contribution in [0.5, 0.6) is 0 Å². The topological polar surface area (TPSA) is 55.1 Å². The fraction of sp³-hybridized carbons (Fsp3) is 0.533. The molecule has 0 saturated heterocycles. The van der Waals surface area contributed by atoms with E-state index >= 15 is 0 Å². The van der Waals surface area contributed by atoms with E-state index < -0.39 is 0 Å². The maximum absolute atomic E-state index is 12.0. The maximum atomic E-state index is 12.0. The minimum Gasteiger partial charge on any atom is -0.349 e. The van der Waals surface area contributed by atoms with Crippen LogP contribution in [0.4, 0.5) is 0 Å². The highest BCUT2D eigenvalue weighted by Crippen LogP contribution is 2.16. The third kappa shape index (κ3) is 5.81. The molecule has 1 aromatic rings. The zero-order valence-electron chi connectivity index (χ0n) is 12.3. The van der Waals surface area contributed by atoms with Crippen LogP contribution in [0.3, 0.4) is 0 Å². The standard InChI is InChI=1S/C15H23BrN2O.ClH/c1-11(2)15(3,10-17)18-14(19)8-7-12-5-4-6-13(16)9-12;/h4-6,9,11H,7-8,10,17H2,1-3H3,(H,18,19);1H. The van der Waals surface area contributed by atoms with Crippen LogP contribution in [-0.2, 0) is 11.2 Å². The van der Waals surface area contributed by atoms with E-state index in [9.17, 15) is 4.79 Å². The summed E-state index contributed by atoms with van der Waals surface area (Å²) in [6.45, 7) is 6.59. The lowest BCUT2D eigenvalue weighted by Gasteiger charge is -2.33. The van der Waals surface area contributed by atoms with Gasteiger partial charge in [0.25, 0.3) is 0 Å². The third-order valence-corrected chi connectivity index (χ3v) is 4.15. The molecule has 0 aliphatic rings. The van der Waals surface area contributed by atoms with E-state index in [-0.39, 0.29) is 23.9 Å². The molecule has 3 nitrogen and oxygen atoms in total. The lowest BCUT2D eigenvalue weighted by Crippen LogP contribution is -2.55. The van der Waals surface area contributed by atoms with Gasteiger partial charge in [-0.2, -0.15) is 0 Å². The van der Waals surface area contributed by atoms with Crippen molar-refractivity contribution in [3.8, 4) is 0 Å². The van der Waals surface area contributed by atoms with Gasteiger partial charge in [-0.1, -0.05) is 41.9 Å². The van der Waals surface area contributed by atoms with Crippen LogP contribution >= 0.6 is 28.3 Å². The normalized spacial score (nSPS) is 13.5. The van der Waals surface area contributed by atoms with Gasteiger partial charge in [-0.3, -0.25) is 4.79 Å². The molecular weight excluding hydrogens is 340 g/mol. The number of nitrogens with two attached hydrogens (primary N) is 1. The first-order valence-corrected chi connectivity index (χ1v) is 7.42. The molecule has 0 fully saturated rings. The number of carbonyl (C=O) groups excluding carboxylic acids is 1. The molecule has 114 valence electrons. The van der Waals surface area contributed by atoms with Crippen molar-refractivity contribution in [1.29, 1.82) is 0 Å². The van der Waals surface area contributed by atoms with E-state index in [1.54, 1.807) is 0 Å². The Morgan fingerprint density at radius 3 is 2.60 bits per heavy atom. The van der Waals surface area contributed by atoms with Crippen LogP contribution in [-0.4, -0.2) is 18.0 Å². The summed E-state index contributed by atoms with van der Waals surface area (Å²) in [4.78, 5) is 12.0. The smallest absolute Gasteiger partial charge is 0.220 e. The van der Waals surface area contributed by atoms with Gasteiger partial charge in [0.1, 0.15) is 0 Å². The second-order valence-corrected chi connectivity index (χ2v) is 6.37. The van der Waals surface area contributed by atoms with Crippen LogP contribution in [0.25, 0.3) is 0 Å². The number of carbonyl (C=O) groups is 1. The second-order valence-electron chi connectivity index (χ2n) is 5.45. The van der Waals surface area contributed by atoms with Gasteiger partial charge in [0, 0.05) is 17.4 Å². The first-order valence-electron chi connectivity index (χ1n) is 6.63. The van der Waals surface area contributed by atoms with Crippen LogP contribution in [0, 0.1) is 5.92 Å². The molecule has 5 heteroatoms. The molecular formula is C15H24BrClN2O. The Hall–Kier alpha value is -0.580. The van der Waals surface area contributed by atoms with Gasteiger partial charge in [0.05, 0.1) is 5.54 Å². The van der Waals surface area contributed by atoms with Crippen molar-refractivity contribution in [2.45, 2.75) is 39.2 Å². The number of nitrogens with one attached hydrogen (secondary N) is 1. The number of hydrogen-bond donors (Lipinski definition) is 2. The predicted molar refractivity (Wildman–Crippen MR) is 90.2 cm³/mol. The summed E-state index contributed by atoms with van der Waals surface area (Å²) in [5.41, 5.74) is 6.59. The molecule has 1 amide bonds. The second kappa shape index (κ2) is 8.65. The summed E-state index contributed by atoms with van der Waals surface area (Å²) in [7, 11) is 0. The highest BCUT2D eigenvalue weighted by molar-refractivity contribution is 9.10. The van der Waals surface area contributed by atoms with E-state index in [1.165, 1.54) is 0 Å². The van der Waals surface area contributed by atoms with Gasteiger partial charge in [-0.05, 0) is 37.0 Å². The maximum Gasteiger partial charge on any atom is 0.220 e. The number of amides is 1. The van der Waals surface area contributed by atoms with Crippen LogP contribution in [0.15, 0.2) is 28.7 Å². The van der Waals surface area contributed by atoms with Crippen molar-refractivity contribution in [1.82, 2.24) is 5.32 Å². The fourth-order valence-electron chi connectivity index (χ4n) is 1.76. The quantitative estimate of drug-likeness (QED) is 0.815. The summed E-state index contributed by atoms with van der Waals surface area (Å²) < 4.78 is 1.04. The predicted octanol–water partition coefficient (Wildman–Crippen LogP) is 3.29. The van der Waals surface area contributed by atoms with Crippen molar-refractivity contribution in [3.05, 3.63) is 34.3 Å². The molecule has 1 aromatic carbocycles. The van der Waals surface area contributed by atoms with Crippen LogP contribution in [0.1, 0.15) is 32.8 Å². The van der Waals surface area contributed by atoms with E-state index in [4.69, 9.17) is 5.73 Å². The average Bonchev–Trinajstić information content (AvgIpc) is 2.36. The van der Waals surface area contributed by atoms with Crippen molar-refractivity contribution in [2.75, 3.05) is 6.54 Å². The molecule has 0 radical (unpaired) electrons. The fourth-order valence-corrected chi connectivity index (χ4v) is 2.21. The van der Waals surface area contributed by atoms with Gasteiger partial charge in [0.2, 0.25) is 5.91 Å². The number of hydrogen-bond acceptors (Lipinski definition) is 2. The van der Waals surface area contributed by atoms with Crippen molar-refractivity contribution >= 4 is 34.2 Å². The monoisotopic (exact) mass is 362 g/mol. The largest absolute Gasteiger partial charge is 0.349 e. The Kier molecular flexibility index (Phi) is 8.40. The van der Waals surface area contributed by atoms with Gasteiger partial charge < -0.3 is 11.1 Å². The molecule has 0 aliphatic heterocycles. The number of benzene rings is 1. The highest BCUT2D eigenvalue weighted by Gasteiger charge is 2.28. The van der Waals surface area contributed by atoms with Crippen LogP contribution < -0.4 is 11.1 Å². The lowest BCUT2D eigenvalue weighted by molar-refractivity contribution is -0.123. The molecule has 0 aromatic heterocycles. The zero-order chi connectivity index (χ0) is 14.5. The van der Waals surface area contributed by atoms with Crippen molar-refractivity contribution in [2.24, 2.45) is 11.7 Å². The number of halogens is 2. The molecule has 0 saturated carbocycles. The minimum atomic E-state index is -0.325. The number of aryl methyl sites for hydroxylation is 1. The number of rotatable bonds is 6. The molecule has 0 spiro atoms. The van der Waals surface area contributed by atoms with Gasteiger partial charge >= 0.3 is 0 Å². The Balaban J connectivity index is 0.00000361. The van der Waals surface area contributed by atoms with E-state index in [0.29, 0.717) is 18.9 Å². The SMILES string of the molecule is CC(C)C(C)(CN)NC(=O)CCc1cccc(Br)c1.Cl. The Morgan fingerprint density at radius 1 is 1.45 bits per heavy atom. The summed E-state index contributed by atoms with van der Waals surface area (Å²) in [5.74, 6) is 0.369. The zero-order valence-corrected chi connectivity index (χ0v) is 14.7. The van der Waals surface area contributed by atoms with Crippen molar-refractivity contribution in [3.63, 3.8) is 0 Å². The summed E-state index contributed by atoms with van der Waals surface area (Å²) in [6.07, 6.45) is 1.22. The molecule has 0 bridgehead atoms. The Labute approximate surface area is 136 Å². The van der Waals surface area contributed by atoms with Gasteiger partial charge in [0.15, 0.2) is 0 Å². The Bertz CT molecular complexity index is 440. The molecule has 1 rings (SSSR count). The van der Waals surface area contributed by atoms with E-state index in [2.05, 4.69) is 35.1 Å². The minimum absolute atomic E-state index is 0. The molecule has 20 heavy (non-hydrogen) atoms. The Morgan fingerprint density at radius 2 is 2.10 bits per heavy atom. The van der Waals surface area contributed by atoms with Gasteiger partial charge in [-0.15, -0.1) is 12.4 Å². The lowest BCUT2D eigenvalue weighted by atomic mass is 9.88. The summed E-state index contributed by atoms with van der Waals surface area (Å²) in [5, 5.41) is 3.05. The molecule has 3 N–H and O–H groups in total. The third-order valence-electron chi connectivity index (χ3n) is 3.65.